The van der Waals surface area contributed by atoms with E-state index in [-0.39, 0.29) is 0 Å². The SMILES string of the molecule is CC1O[C@@H](C)[C@H](O)C(O)[C@@H]1O. The van der Waals surface area contributed by atoms with Gasteiger partial charge >= 0.3 is 0 Å². The molecule has 2 unspecified atom stereocenters. The Morgan fingerprint density at radius 3 is 1.55 bits per heavy atom. The second-order valence-electron chi connectivity index (χ2n) is 3.02. The zero-order chi connectivity index (χ0) is 8.59. The Morgan fingerprint density at radius 1 is 0.818 bits per heavy atom. The fourth-order valence-corrected chi connectivity index (χ4v) is 1.26. The van der Waals surface area contributed by atoms with Crippen LogP contribution in [0, 0.1) is 0 Å². The quantitative estimate of drug-likeness (QED) is 0.422. The fraction of sp³-hybridized carbons (Fsp3) is 1.00. The van der Waals surface area contributed by atoms with Crippen molar-refractivity contribution < 1.29 is 20.1 Å². The summed E-state index contributed by atoms with van der Waals surface area (Å²) in [6, 6.07) is 0. The van der Waals surface area contributed by atoms with Crippen molar-refractivity contribution in [1.82, 2.24) is 0 Å². The van der Waals surface area contributed by atoms with E-state index in [4.69, 9.17) is 4.74 Å². The lowest BCUT2D eigenvalue weighted by Crippen LogP contribution is -2.55. The van der Waals surface area contributed by atoms with E-state index >= 15 is 0 Å². The second kappa shape index (κ2) is 3.06. The lowest BCUT2D eigenvalue weighted by Gasteiger charge is -2.37. The van der Waals surface area contributed by atoms with Crippen molar-refractivity contribution in [3.05, 3.63) is 0 Å². The van der Waals surface area contributed by atoms with E-state index in [0.717, 1.165) is 0 Å². The van der Waals surface area contributed by atoms with Crippen molar-refractivity contribution in [3.63, 3.8) is 0 Å². The molecule has 1 saturated heterocycles. The minimum Gasteiger partial charge on any atom is -0.388 e. The molecule has 4 nitrogen and oxygen atoms in total. The number of aliphatic hydroxyl groups is 3. The Kier molecular flexibility index (Phi) is 2.49. The Bertz CT molecular complexity index is 124. The van der Waals surface area contributed by atoms with E-state index in [1.54, 1.807) is 13.8 Å². The number of hydrogen-bond donors (Lipinski definition) is 3. The summed E-state index contributed by atoms with van der Waals surface area (Å²) in [4.78, 5) is 0. The molecule has 0 spiro atoms. The van der Waals surface area contributed by atoms with Crippen LogP contribution in [0.2, 0.25) is 0 Å². The fourth-order valence-electron chi connectivity index (χ4n) is 1.26. The molecule has 0 radical (unpaired) electrons. The van der Waals surface area contributed by atoms with Gasteiger partial charge in [0.2, 0.25) is 0 Å². The molecule has 0 aromatic rings. The number of hydrogen-bond acceptors (Lipinski definition) is 4. The van der Waals surface area contributed by atoms with Crippen molar-refractivity contribution in [1.29, 1.82) is 0 Å². The summed E-state index contributed by atoms with van der Waals surface area (Å²) in [6.07, 6.45) is -3.89. The first kappa shape index (κ1) is 8.93. The van der Waals surface area contributed by atoms with Crippen LogP contribution in [0.3, 0.4) is 0 Å². The van der Waals surface area contributed by atoms with E-state index in [2.05, 4.69) is 0 Å². The van der Waals surface area contributed by atoms with Crippen LogP contribution in [0.15, 0.2) is 0 Å². The Balaban J connectivity index is 2.63. The van der Waals surface area contributed by atoms with Gasteiger partial charge in [-0.15, -0.1) is 0 Å². The maximum Gasteiger partial charge on any atom is 0.111 e. The van der Waals surface area contributed by atoms with Gasteiger partial charge in [0.25, 0.3) is 0 Å². The highest BCUT2D eigenvalue weighted by molar-refractivity contribution is 4.88. The van der Waals surface area contributed by atoms with Gasteiger partial charge in [-0.3, -0.25) is 0 Å². The molecule has 0 amide bonds. The summed E-state index contributed by atoms with van der Waals surface area (Å²) in [5, 5.41) is 27.6. The lowest BCUT2D eigenvalue weighted by molar-refractivity contribution is -0.211. The minimum absolute atomic E-state index is 0.414. The van der Waals surface area contributed by atoms with E-state index < -0.39 is 30.5 Å². The van der Waals surface area contributed by atoms with Gasteiger partial charge in [-0.2, -0.15) is 0 Å². The van der Waals surface area contributed by atoms with Gasteiger partial charge < -0.3 is 20.1 Å². The zero-order valence-corrected chi connectivity index (χ0v) is 6.64. The van der Waals surface area contributed by atoms with Crippen molar-refractivity contribution >= 4 is 0 Å². The Labute approximate surface area is 65.4 Å². The molecule has 11 heavy (non-hydrogen) atoms. The highest BCUT2D eigenvalue weighted by atomic mass is 16.5. The van der Waals surface area contributed by atoms with Crippen LogP contribution in [0.25, 0.3) is 0 Å². The molecule has 1 fully saturated rings. The second-order valence-corrected chi connectivity index (χ2v) is 3.02. The molecule has 1 aliphatic rings. The topological polar surface area (TPSA) is 69.9 Å². The molecular weight excluding hydrogens is 148 g/mol. The third-order valence-electron chi connectivity index (χ3n) is 2.09. The summed E-state index contributed by atoms with van der Waals surface area (Å²) >= 11 is 0. The molecule has 5 atom stereocenters. The van der Waals surface area contributed by atoms with Gasteiger partial charge in [0, 0.05) is 0 Å². The third-order valence-corrected chi connectivity index (χ3v) is 2.09. The highest BCUT2D eigenvalue weighted by Gasteiger charge is 2.39. The monoisotopic (exact) mass is 162 g/mol. The van der Waals surface area contributed by atoms with Gasteiger partial charge in [-0.25, -0.2) is 0 Å². The smallest absolute Gasteiger partial charge is 0.111 e. The molecule has 66 valence electrons. The van der Waals surface area contributed by atoms with E-state index in [1.165, 1.54) is 0 Å². The summed E-state index contributed by atoms with van der Waals surface area (Å²) in [5.41, 5.74) is 0. The van der Waals surface area contributed by atoms with Crippen LogP contribution in [-0.2, 0) is 4.74 Å². The van der Waals surface area contributed by atoms with Crippen LogP contribution in [0.1, 0.15) is 13.8 Å². The average Bonchev–Trinajstić information content (AvgIpc) is 1.97. The van der Waals surface area contributed by atoms with E-state index in [0.29, 0.717) is 0 Å². The molecule has 1 aliphatic heterocycles. The predicted octanol–water partition coefficient (Wildman–Crippen LogP) is -1.12. The number of aliphatic hydroxyl groups excluding tert-OH is 3. The first-order valence-electron chi connectivity index (χ1n) is 3.73. The van der Waals surface area contributed by atoms with Crippen LogP contribution in [0.4, 0.5) is 0 Å². The largest absolute Gasteiger partial charge is 0.388 e. The molecule has 0 aliphatic carbocycles. The molecule has 0 aromatic carbocycles. The molecule has 4 heteroatoms. The van der Waals surface area contributed by atoms with E-state index in [9.17, 15) is 15.3 Å². The minimum atomic E-state index is -1.09. The first-order valence-corrected chi connectivity index (χ1v) is 3.73. The average molecular weight is 162 g/mol. The third kappa shape index (κ3) is 1.54. The van der Waals surface area contributed by atoms with Crippen LogP contribution in [0.5, 0.6) is 0 Å². The molecule has 3 N–H and O–H groups in total. The van der Waals surface area contributed by atoms with Crippen LogP contribution >= 0.6 is 0 Å². The maximum atomic E-state index is 9.21. The van der Waals surface area contributed by atoms with Crippen LogP contribution in [-0.4, -0.2) is 45.8 Å². The molecule has 1 rings (SSSR count). The summed E-state index contributed by atoms with van der Waals surface area (Å²) in [5.74, 6) is 0. The van der Waals surface area contributed by atoms with Gasteiger partial charge in [0.15, 0.2) is 0 Å². The summed E-state index contributed by atoms with van der Waals surface area (Å²) < 4.78 is 5.12. The van der Waals surface area contributed by atoms with Gasteiger partial charge in [-0.1, -0.05) is 0 Å². The van der Waals surface area contributed by atoms with Crippen molar-refractivity contribution in [2.24, 2.45) is 0 Å². The molecular formula is C7H14O4. The molecule has 0 bridgehead atoms. The number of rotatable bonds is 0. The highest BCUT2D eigenvalue weighted by Crippen LogP contribution is 2.19. The molecule has 1 heterocycles. The normalized spacial score (nSPS) is 52.6. The van der Waals surface area contributed by atoms with Crippen molar-refractivity contribution in [2.75, 3.05) is 0 Å². The lowest BCUT2D eigenvalue weighted by atomic mass is 9.97. The molecule has 0 aromatic heterocycles. The van der Waals surface area contributed by atoms with Gasteiger partial charge in [0.05, 0.1) is 12.2 Å². The Morgan fingerprint density at radius 2 is 1.18 bits per heavy atom. The zero-order valence-electron chi connectivity index (χ0n) is 6.64. The summed E-state index contributed by atoms with van der Waals surface area (Å²) in [6.45, 7) is 3.33. The Hall–Kier alpha value is -0.160. The van der Waals surface area contributed by atoms with Crippen molar-refractivity contribution in [3.8, 4) is 0 Å². The van der Waals surface area contributed by atoms with Crippen LogP contribution < -0.4 is 0 Å². The standard InChI is InChI=1S/C7H14O4/c1-3-5(8)7(10)6(9)4(2)11-3/h3-10H,1-2H3/t3-,4?,5-,6+,7?/m0/s1. The van der Waals surface area contributed by atoms with Gasteiger partial charge in [0.1, 0.15) is 18.3 Å². The predicted molar refractivity (Wildman–Crippen MR) is 38.0 cm³/mol. The van der Waals surface area contributed by atoms with Gasteiger partial charge in [-0.05, 0) is 13.8 Å². The first-order chi connectivity index (χ1) is 5.04. The molecule has 0 saturated carbocycles. The summed E-state index contributed by atoms with van der Waals surface area (Å²) in [7, 11) is 0. The van der Waals surface area contributed by atoms with Crippen molar-refractivity contribution in [2.45, 2.75) is 44.4 Å². The number of ether oxygens (including phenoxy) is 1. The van der Waals surface area contributed by atoms with E-state index in [1.807, 2.05) is 0 Å². The maximum absolute atomic E-state index is 9.21.